The first-order chi connectivity index (χ1) is 11.7. The lowest BCUT2D eigenvalue weighted by Gasteiger charge is -2.18. The average molecular weight is 326 g/mol. The molecule has 2 heterocycles. The zero-order valence-electron chi connectivity index (χ0n) is 13.2. The lowest BCUT2D eigenvalue weighted by Crippen LogP contribution is -2.39. The molecule has 1 saturated heterocycles. The SMILES string of the molecule is COc1cccc(N2C[C@@H](NC(=O)Nc3cccnc3)CC2=O)c1. The fraction of sp³-hybridized carbons (Fsp3) is 0.235. The molecule has 7 heteroatoms. The van der Waals surface area contributed by atoms with Gasteiger partial charge in [-0.15, -0.1) is 0 Å². The Morgan fingerprint density at radius 2 is 2.21 bits per heavy atom. The van der Waals surface area contributed by atoms with Gasteiger partial charge in [0.25, 0.3) is 0 Å². The number of nitrogens with zero attached hydrogens (tertiary/aromatic N) is 2. The van der Waals surface area contributed by atoms with Crippen molar-refractivity contribution in [3.8, 4) is 5.75 Å². The molecule has 2 N–H and O–H groups in total. The monoisotopic (exact) mass is 326 g/mol. The van der Waals surface area contributed by atoms with E-state index in [4.69, 9.17) is 4.74 Å². The number of urea groups is 1. The maximum absolute atomic E-state index is 12.2. The fourth-order valence-electron chi connectivity index (χ4n) is 2.62. The average Bonchev–Trinajstić information content (AvgIpc) is 2.96. The van der Waals surface area contributed by atoms with Crippen molar-refractivity contribution in [3.63, 3.8) is 0 Å². The Morgan fingerprint density at radius 1 is 1.33 bits per heavy atom. The number of aromatic nitrogens is 1. The number of methoxy groups -OCH3 is 1. The Morgan fingerprint density at radius 3 is 2.96 bits per heavy atom. The molecule has 1 aromatic carbocycles. The van der Waals surface area contributed by atoms with Crippen LogP contribution in [0.25, 0.3) is 0 Å². The molecule has 1 atom stereocenters. The van der Waals surface area contributed by atoms with E-state index in [1.165, 1.54) is 0 Å². The molecule has 24 heavy (non-hydrogen) atoms. The minimum absolute atomic E-state index is 0.0325. The van der Waals surface area contributed by atoms with Crippen molar-refractivity contribution in [2.75, 3.05) is 23.9 Å². The summed E-state index contributed by atoms with van der Waals surface area (Å²) in [5, 5.41) is 5.51. The van der Waals surface area contributed by atoms with E-state index in [9.17, 15) is 9.59 Å². The highest BCUT2D eigenvalue weighted by molar-refractivity contribution is 5.97. The molecule has 0 radical (unpaired) electrons. The minimum atomic E-state index is -0.353. The van der Waals surface area contributed by atoms with Gasteiger partial charge in [0.15, 0.2) is 0 Å². The Labute approximate surface area is 139 Å². The van der Waals surface area contributed by atoms with Gasteiger partial charge in [0.1, 0.15) is 5.75 Å². The Hall–Kier alpha value is -3.09. The second-order valence-electron chi connectivity index (χ2n) is 5.45. The third kappa shape index (κ3) is 3.62. The van der Waals surface area contributed by atoms with Gasteiger partial charge >= 0.3 is 6.03 Å². The van der Waals surface area contributed by atoms with Crippen LogP contribution < -0.4 is 20.3 Å². The van der Waals surface area contributed by atoms with Crippen LogP contribution in [0.1, 0.15) is 6.42 Å². The molecule has 0 unspecified atom stereocenters. The molecule has 7 nitrogen and oxygen atoms in total. The first-order valence-electron chi connectivity index (χ1n) is 7.57. The molecule has 1 fully saturated rings. The molecule has 3 amide bonds. The number of ether oxygens (including phenoxy) is 1. The van der Waals surface area contributed by atoms with E-state index in [0.29, 0.717) is 18.0 Å². The summed E-state index contributed by atoms with van der Waals surface area (Å²) in [6.07, 6.45) is 3.45. The van der Waals surface area contributed by atoms with E-state index in [-0.39, 0.29) is 24.4 Å². The summed E-state index contributed by atoms with van der Waals surface area (Å²) in [7, 11) is 1.58. The Kier molecular flexibility index (Phi) is 4.60. The fourth-order valence-corrected chi connectivity index (χ4v) is 2.62. The molecule has 1 aliphatic heterocycles. The Bertz CT molecular complexity index is 736. The molecule has 1 aromatic heterocycles. The third-order valence-corrected chi connectivity index (χ3v) is 3.74. The summed E-state index contributed by atoms with van der Waals surface area (Å²) in [5.74, 6) is 0.654. The molecule has 2 aromatic rings. The second-order valence-corrected chi connectivity index (χ2v) is 5.45. The van der Waals surface area contributed by atoms with Gasteiger partial charge in [-0.1, -0.05) is 6.07 Å². The first kappa shape index (κ1) is 15.8. The van der Waals surface area contributed by atoms with E-state index in [1.54, 1.807) is 42.6 Å². The number of hydrogen-bond donors (Lipinski definition) is 2. The van der Waals surface area contributed by atoms with Gasteiger partial charge < -0.3 is 20.3 Å². The van der Waals surface area contributed by atoms with Gasteiger partial charge in [-0.3, -0.25) is 9.78 Å². The van der Waals surface area contributed by atoms with Crippen LogP contribution in [0, 0.1) is 0 Å². The number of nitrogens with one attached hydrogen (secondary N) is 2. The molecule has 0 bridgehead atoms. The first-order valence-corrected chi connectivity index (χ1v) is 7.57. The molecule has 1 aliphatic rings. The van der Waals surface area contributed by atoms with Crippen LogP contribution >= 0.6 is 0 Å². The van der Waals surface area contributed by atoms with Crippen molar-refractivity contribution in [2.24, 2.45) is 0 Å². The van der Waals surface area contributed by atoms with Gasteiger partial charge in [0, 0.05) is 30.9 Å². The highest BCUT2D eigenvalue weighted by atomic mass is 16.5. The van der Waals surface area contributed by atoms with Crippen molar-refractivity contribution in [3.05, 3.63) is 48.8 Å². The summed E-state index contributed by atoms with van der Waals surface area (Å²) >= 11 is 0. The zero-order chi connectivity index (χ0) is 16.9. The van der Waals surface area contributed by atoms with Gasteiger partial charge in [0.05, 0.1) is 25.0 Å². The van der Waals surface area contributed by atoms with Crippen molar-refractivity contribution in [1.82, 2.24) is 10.3 Å². The number of benzene rings is 1. The molecule has 124 valence electrons. The summed E-state index contributed by atoms with van der Waals surface area (Å²) in [5.41, 5.74) is 1.36. The van der Waals surface area contributed by atoms with Gasteiger partial charge in [-0.25, -0.2) is 4.79 Å². The normalized spacial score (nSPS) is 16.8. The number of carbonyl (C=O) groups excluding carboxylic acids is 2. The van der Waals surface area contributed by atoms with E-state index in [2.05, 4.69) is 15.6 Å². The largest absolute Gasteiger partial charge is 0.497 e. The number of hydrogen-bond acceptors (Lipinski definition) is 4. The highest BCUT2D eigenvalue weighted by Crippen LogP contribution is 2.25. The minimum Gasteiger partial charge on any atom is -0.497 e. The number of amides is 3. The lowest BCUT2D eigenvalue weighted by molar-refractivity contribution is -0.117. The number of rotatable bonds is 4. The van der Waals surface area contributed by atoms with Crippen LogP contribution in [0.15, 0.2) is 48.8 Å². The van der Waals surface area contributed by atoms with Crippen LogP contribution in [0.3, 0.4) is 0 Å². The summed E-state index contributed by atoms with van der Waals surface area (Å²) < 4.78 is 5.18. The van der Waals surface area contributed by atoms with E-state index >= 15 is 0 Å². The van der Waals surface area contributed by atoms with Crippen LogP contribution in [-0.2, 0) is 4.79 Å². The standard InChI is InChI=1S/C17H18N4O3/c1-24-15-6-2-5-14(9-15)21-11-13(8-16(21)22)20-17(23)19-12-4-3-7-18-10-12/h2-7,9-10,13H,8,11H2,1H3,(H2,19,20,23)/t13-/m0/s1. The predicted molar refractivity (Wildman–Crippen MR) is 90.1 cm³/mol. The van der Waals surface area contributed by atoms with Crippen LogP contribution in [-0.4, -0.2) is 36.6 Å². The van der Waals surface area contributed by atoms with Crippen LogP contribution in [0.4, 0.5) is 16.2 Å². The van der Waals surface area contributed by atoms with Gasteiger partial charge in [-0.05, 0) is 24.3 Å². The highest BCUT2D eigenvalue weighted by Gasteiger charge is 2.31. The number of pyridine rings is 1. The Balaban J connectivity index is 1.61. The predicted octanol–water partition coefficient (Wildman–Crippen LogP) is 2.02. The van der Waals surface area contributed by atoms with Crippen molar-refractivity contribution in [1.29, 1.82) is 0 Å². The van der Waals surface area contributed by atoms with Gasteiger partial charge in [0.2, 0.25) is 5.91 Å². The molecule has 0 saturated carbocycles. The molecule has 3 rings (SSSR count). The van der Waals surface area contributed by atoms with E-state index < -0.39 is 0 Å². The smallest absolute Gasteiger partial charge is 0.319 e. The lowest BCUT2D eigenvalue weighted by atomic mass is 10.2. The summed E-state index contributed by atoms with van der Waals surface area (Å²) in [4.78, 5) is 29.8. The molecule has 0 spiro atoms. The number of anilines is 2. The van der Waals surface area contributed by atoms with Crippen molar-refractivity contribution in [2.45, 2.75) is 12.5 Å². The summed E-state index contributed by atoms with van der Waals surface area (Å²) in [6.45, 7) is 0.423. The van der Waals surface area contributed by atoms with Crippen molar-refractivity contribution < 1.29 is 14.3 Å². The maximum atomic E-state index is 12.2. The van der Waals surface area contributed by atoms with Gasteiger partial charge in [-0.2, -0.15) is 0 Å². The van der Waals surface area contributed by atoms with E-state index in [0.717, 1.165) is 5.69 Å². The third-order valence-electron chi connectivity index (χ3n) is 3.74. The molecule has 0 aliphatic carbocycles. The molecular formula is C17H18N4O3. The second kappa shape index (κ2) is 6.99. The van der Waals surface area contributed by atoms with Crippen LogP contribution in [0.5, 0.6) is 5.75 Å². The zero-order valence-corrected chi connectivity index (χ0v) is 13.2. The van der Waals surface area contributed by atoms with Crippen LogP contribution in [0.2, 0.25) is 0 Å². The number of carbonyl (C=O) groups is 2. The maximum Gasteiger partial charge on any atom is 0.319 e. The quantitative estimate of drug-likeness (QED) is 0.900. The topological polar surface area (TPSA) is 83.6 Å². The van der Waals surface area contributed by atoms with Crippen molar-refractivity contribution >= 4 is 23.3 Å². The summed E-state index contributed by atoms with van der Waals surface area (Å²) in [6, 6.07) is 10.2. The molecular weight excluding hydrogens is 308 g/mol. The van der Waals surface area contributed by atoms with E-state index in [1.807, 2.05) is 18.2 Å².